The molecule has 0 aliphatic rings. The molecule has 21 heavy (non-hydrogen) atoms. The van der Waals surface area contributed by atoms with Gasteiger partial charge in [0.2, 0.25) is 0 Å². The summed E-state index contributed by atoms with van der Waals surface area (Å²) in [7, 11) is -3.88. The lowest BCUT2D eigenvalue weighted by molar-refractivity contribution is 0.342. The van der Waals surface area contributed by atoms with Crippen LogP contribution in [0.5, 0.6) is 5.75 Å². The Labute approximate surface area is 132 Å². The van der Waals surface area contributed by atoms with Gasteiger partial charge in [0.05, 0.1) is 17.3 Å². The highest BCUT2D eigenvalue weighted by molar-refractivity contribution is 7.92. The Morgan fingerprint density at radius 3 is 2.71 bits per heavy atom. The second-order valence-electron chi connectivity index (χ2n) is 3.99. The molecule has 0 saturated heterocycles. The third-order valence-electron chi connectivity index (χ3n) is 2.51. The molecule has 1 N–H and O–H groups in total. The van der Waals surface area contributed by atoms with Crippen molar-refractivity contribution in [2.24, 2.45) is 0 Å². The lowest BCUT2D eigenvalue weighted by atomic mass is 10.3. The molecule has 1 aromatic carbocycles. The largest absolute Gasteiger partial charge is 0.492 e. The second kappa shape index (κ2) is 6.51. The Bertz CT molecular complexity index is 751. The van der Waals surface area contributed by atoms with Crippen LogP contribution in [-0.2, 0) is 10.0 Å². The average Bonchev–Trinajstić information content (AvgIpc) is 2.42. The van der Waals surface area contributed by atoms with Gasteiger partial charge in [0.1, 0.15) is 10.6 Å². The van der Waals surface area contributed by atoms with E-state index in [9.17, 15) is 8.42 Å². The number of sulfonamides is 1. The minimum atomic E-state index is -3.88. The molecule has 5 nitrogen and oxygen atoms in total. The monoisotopic (exact) mass is 346 g/mol. The number of nitrogens with zero attached hydrogens (tertiary/aromatic N) is 1. The SMILES string of the molecule is CCOc1ccc(Cl)cc1NS(=O)(=O)c1cnccc1Cl. The summed E-state index contributed by atoms with van der Waals surface area (Å²) < 4.78 is 32.5. The van der Waals surface area contributed by atoms with E-state index < -0.39 is 10.0 Å². The van der Waals surface area contributed by atoms with Gasteiger partial charge in [-0.25, -0.2) is 8.42 Å². The molecule has 2 rings (SSSR count). The van der Waals surface area contributed by atoms with E-state index in [1.54, 1.807) is 19.1 Å². The number of hydrogen-bond donors (Lipinski definition) is 1. The maximum Gasteiger partial charge on any atom is 0.265 e. The molecule has 1 heterocycles. The number of pyridine rings is 1. The van der Waals surface area contributed by atoms with Crippen molar-refractivity contribution in [1.29, 1.82) is 0 Å². The number of halogens is 2. The summed E-state index contributed by atoms with van der Waals surface area (Å²) in [6.45, 7) is 2.19. The number of aromatic nitrogens is 1. The first-order valence-electron chi connectivity index (χ1n) is 5.98. The molecule has 2 aromatic rings. The molecule has 0 amide bonds. The van der Waals surface area contributed by atoms with E-state index in [0.717, 1.165) is 0 Å². The minimum absolute atomic E-state index is 0.0810. The van der Waals surface area contributed by atoms with Crippen LogP contribution in [-0.4, -0.2) is 20.0 Å². The molecule has 8 heteroatoms. The summed E-state index contributed by atoms with van der Waals surface area (Å²) in [4.78, 5) is 3.65. The van der Waals surface area contributed by atoms with Crippen LogP contribution >= 0.6 is 23.2 Å². The Morgan fingerprint density at radius 2 is 2.05 bits per heavy atom. The van der Waals surface area contributed by atoms with Crippen LogP contribution in [0.4, 0.5) is 5.69 Å². The lowest BCUT2D eigenvalue weighted by Gasteiger charge is -2.13. The first-order chi connectivity index (χ1) is 9.94. The van der Waals surface area contributed by atoms with Crippen LogP contribution in [0.1, 0.15) is 6.92 Å². The van der Waals surface area contributed by atoms with Crippen LogP contribution in [0.2, 0.25) is 10.0 Å². The summed E-state index contributed by atoms with van der Waals surface area (Å²) in [6, 6.07) is 6.07. The number of rotatable bonds is 5. The highest BCUT2D eigenvalue weighted by Gasteiger charge is 2.20. The topological polar surface area (TPSA) is 68.3 Å². The summed E-state index contributed by atoms with van der Waals surface area (Å²) in [6.07, 6.45) is 2.59. The van der Waals surface area contributed by atoms with Crippen molar-refractivity contribution in [2.75, 3.05) is 11.3 Å². The van der Waals surface area contributed by atoms with Crippen molar-refractivity contribution in [3.8, 4) is 5.75 Å². The Hall–Kier alpha value is -1.50. The molecule has 0 unspecified atom stereocenters. The summed E-state index contributed by atoms with van der Waals surface area (Å²) in [5, 5.41) is 0.464. The number of anilines is 1. The highest BCUT2D eigenvalue weighted by Crippen LogP contribution is 2.31. The summed E-state index contributed by atoms with van der Waals surface area (Å²) >= 11 is 11.8. The molecule has 0 radical (unpaired) electrons. The van der Waals surface area contributed by atoms with Crippen molar-refractivity contribution in [2.45, 2.75) is 11.8 Å². The van der Waals surface area contributed by atoms with E-state index in [0.29, 0.717) is 17.4 Å². The molecule has 0 atom stereocenters. The molecular formula is C13H12Cl2N2O3S. The van der Waals surface area contributed by atoms with Gasteiger partial charge in [-0.05, 0) is 31.2 Å². The standard InChI is InChI=1S/C13H12Cl2N2O3S/c1-2-20-12-4-3-9(14)7-11(12)17-21(18,19)13-8-16-6-5-10(13)15/h3-8,17H,2H2,1H3. The highest BCUT2D eigenvalue weighted by atomic mass is 35.5. The van der Waals surface area contributed by atoms with Gasteiger partial charge in [0, 0.05) is 17.4 Å². The predicted molar refractivity (Wildman–Crippen MR) is 82.7 cm³/mol. The van der Waals surface area contributed by atoms with E-state index in [-0.39, 0.29) is 15.6 Å². The maximum absolute atomic E-state index is 12.4. The van der Waals surface area contributed by atoms with Crippen molar-refractivity contribution < 1.29 is 13.2 Å². The molecule has 0 aliphatic carbocycles. The Morgan fingerprint density at radius 1 is 1.29 bits per heavy atom. The zero-order valence-electron chi connectivity index (χ0n) is 11.0. The van der Waals surface area contributed by atoms with E-state index in [1.807, 2.05) is 0 Å². The fourth-order valence-electron chi connectivity index (χ4n) is 1.62. The Balaban J connectivity index is 2.41. The van der Waals surface area contributed by atoms with Gasteiger partial charge in [0.15, 0.2) is 0 Å². The molecule has 0 fully saturated rings. The van der Waals surface area contributed by atoms with Gasteiger partial charge in [-0.15, -0.1) is 0 Å². The van der Waals surface area contributed by atoms with Crippen LogP contribution in [0.25, 0.3) is 0 Å². The lowest BCUT2D eigenvalue weighted by Crippen LogP contribution is -2.14. The quantitative estimate of drug-likeness (QED) is 0.898. The number of ether oxygens (including phenoxy) is 1. The number of benzene rings is 1. The van der Waals surface area contributed by atoms with E-state index in [1.165, 1.54) is 24.5 Å². The van der Waals surface area contributed by atoms with Crippen LogP contribution in [0.3, 0.4) is 0 Å². The molecule has 112 valence electrons. The van der Waals surface area contributed by atoms with Crippen LogP contribution < -0.4 is 9.46 Å². The summed E-state index contributed by atoms with van der Waals surface area (Å²) in [5.74, 6) is 0.380. The Kier molecular flexibility index (Phi) is 4.92. The number of nitrogens with one attached hydrogen (secondary N) is 1. The van der Waals surface area contributed by atoms with Crippen molar-refractivity contribution in [1.82, 2.24) is 4.98 Å². The second-order valence-corrected chi connectivity index (χ2v) is 6.48. The fourth-order valence-corrected chi connectivity index (χ4v) is 3.29. The maximum atomic E-state index is 12.4. The van der Waals surface area contributed by atoms with Gasteiger partial charge < -0.3 is 4.74 Å². The van der Waals surface area contributed by atoms with Crippen LogP contribution in [0.15, 0.2) is 41.6 Å². The smallest absolute Gasteiger partial charge is 0.265 e. The average molecular weight is 347 g/mol. The van der Waals surface area contributed by atoms with E-state index in [2.05, 4.69) is 9.71 Å². The van der Waals surface area contributed by atoms with Crippen molar-refractivity contribution in [3.05, 3.63) is 46.7 Å². The molecule has 0 saturated carbocycles. The van der Waals surface area contributed by atoms with E-state index >= 15 is 0 Å². The summed E-state index contributed by atoms with van der Waals surface area (Å²) in [5.41, 5.74) is 0.240. The molecule has 0 spiro atoms. The zero-order valence-corrected chi connectivity index (χ0v) is 13.3. The first-order valence-corrected chi connectivity index (χ1v) is 8.22. The van der Waals surface area contributed by atoms with Gasteiger partial charge in [0.25, 0.3) is 10.0 Å². The van der Waals surface area contributed by atoms with Gasteiger partial charge in [-0.3, -0.25) is 9.71 Å². The normalized spacial score (nSPS) is 11.2. The van der Waals surface area contributed by atoms with Crippen LogP contribution in [0, 0.1) is 0 Å². The molecular weight excluding hydrogens is 335 g/mol. The predicted octanol–water partition coefficient (Wildman–Crippen LogP) is 3.59. The van der Waals surface area contributed by atoms with Crippen molar-refractivity contribution in [3.63, 3.8) is 0 Å². The molecule has 0 bridgehead atoms. The van der Waals surface area contributed by atoms with Gasteiger partial charge in [-0.2, -0.15) is 0 Å². The molecule has 1 aromatic heterocycles. The third-order valence-corrected chi connectivity index (χ3v) is 4.58. The van der Waals surface area contributed by atoms with Gasteiger partial charge >= 0.3 is 0 Å². The first kappa shape index (κ1) is 15.9. The van der Waals surface area contributed by atoms with Crippen molar-refractivity contribution >= 4 is 38.9 Å². The van der Waals surface area contributed by atoms with E-state index in [4.69, 9.17) is 27.9 Å². The molecule has 0 aliphatic heterocycles. The zero-order chi connectivity index (χ0) is 15.5. The van der Waals surface area contributed by atoms with Gasteiger partial charge in [-0.1, -0.05) is 23.2 Å². The third kappa shape index (κ3) is 3.78. The minimum Gasteiger partial charge on any atom is -0.492 e. The number of hydrogen-bond acceptors (Lipinski definition) is 4. The fraction of sp³-hybridized carbons (Fsp3) is 0.154.